The van der Waals surface area contributed by atoms with Crippen LogP contribution in [0, 0.1) is 6.92 Å². The van der Waals surface area contributed by atoms with Gasteiger partial charge in [0.15, 0.2) is 5.16 Å². The minimum Gasteiger partial charge on any atom is -0.311 e. The number of aromatic nitrogens is 3. The number of sulfonamides is 1. The maximum Gasteiger partial charge on any atom is 0.243 e. The summed E-state index contributed by atoms with van der Waals surface area (Å²) in [5.74, 6) is 0.187. The highest BCUT2D eigenvalue weighted by Gasteiger charge is 2.30. The Labute approximate surface area is 204 Å². The lowest BCUT2D eigenvalue weighted by atomic mass is 10.2. The number of carbonyl (C=O) groups excluding carboxylic acids is 1. The van der Waals surface area contributed by atoms with Gasteiger partial charge in [0, 0.05) is 31.0 Å². The van der Waals surface area contributed by atoms with Crippen molar-refractivity contribution in [3.63, 3.8) is 0 Å². The summed E-state index contributed by atoms with van der Waals surface area (Å²) in [5, 5.41) is 8.84. The van der Waals surface area contributed by atoms with Crippen LogP contribution >= 0.6 is 11.8 Å². The van der Waals surface area contributed by atoms with Gasteiger partial charge in [0.25, 0.3) is 0 Å². The highest BCUT2D eigenvalue weighted by Crippen LogP contribution is 2.32. The molecule has 2 aromatic carbocycles. The molecule has 3 aromatic rings. The topological polar surface area (TPSA) is 88.4 Å². The van der Waals surface area contributed by atoms with Crippen LogP contribution in [0.3, 0.4) is 0 Å². The molecule has 2 aliphatic rings. The Bertz CT molecular complexity index is 1300. The van der Waals surface area contributed by atoms with Crippen LogP contribution in [0.25, 0.3) is 5.69 Å². The van der Waals surface area contributed by atoms with Gasteiger partial charge in [0.1, 0.15) is 6.33 Å². The average molecular weight is 498 g/mol. The molecule has 0 unspecified atom stereocenters. The molecule has 1 fully saturated rings. The van der Waals surface area contributed by atoms with Crippen LogP contribution in [-0.4, -0.2) is 58.8 Å². The molecule has 0 N–H and O–H groups in total. The normalized spacial score (nSPS) is 16.6. The Morgan fingerprint density at radius 3 is 2.56 bits per heavy atom. The maximum atomic E-state index is 13.0. The number of piperidine rings is 1. The van der Waals surface area contributed by atoms with Crippen LogP contribution in [-0.2, 0) is 21.2 Å². The molecule has 2 aliphatic heterocycles. The Balaban J connectivity index is 1.28. The average Bonchev–Trinajstić information content (AvgIpc) is 3.50. The van der Waals surface area contributed by atoms with E-state index in [0.717, 1.165) is 36.2 Å². The zero-order valence-corrected chi connectivity index (χ0v) is 20.7. The number of fused-ring (bicyclic) bond motifs is 1. The fraction of sp³-hybridized carbons (Fsp3) is 0.375. The smallest absolute Gasteiger partial charge is 0.243 e. The Hall–Kier alpha value is -2.69. The molecule has 178 valence electrons. The summed E-state index contributed by atoms with van der Waals surface area (Å²) in [7, 11) is -3.49. The first kappa shape index (κ1) is 23.1. The maximum absolute atomic E-state index is 13.0. The minimum atomic E-state index is -3.49. The van der Waals surface area contributed by atoms with Crippen LogP contribution in [0.1, 0.15) is 30.4 Å². The Kier molecular flexibility index (Phi) is 6.46. The van der Waals surface area contributed by atoms with Crippen LogP contribution in [0.4, 0.5) is 5.69 Å². The van der Waals surface area contributed by atoms with E-state index < -0.39 is 10.0 Å². The summed E-state index contributed by atoms with van der Waals surface area (Å²) in [6, 6.07) is 13.2. The molecule has 0 aliphatic carbocycles. The first-order valence-electron chi connectivity index (χ1n) is 11.5. The number of thioether (sulfide) groups is 1. The van der Waals surface area contributed by atoms with Gasteiger partial charge in [-0.2, -0.15) is 4.31 Å². The molecule has 0 radical (unpaired) electrons. The number of benzene rings is 2. The highest BCUT2D eigenvalue weighted by atomic mass is 32.2. The number of hydrogen-bond acceptors (Lipinski definition) is 6. The second-order valence-corrected chi connectivity index (χ2v) is 11.5. The summed E-state index contributed by atoms with van der Waals surface area (Å²) in [6.07, 6.45) is 5.18. The second kappa shape index (κ2) is 9.52. The molecule has 0 bridgehead atoms. The number of anilines is 1. The Morgan fingerprint density at radius 2 is 1.79 bits per heavy atom. The monoisotopic (exact) mass is 497 g/mol. The molecular formula is C24H27N5O3S2. The van der Waals surface area contributed by atoms with Gasteiger partial charge in [0.05, 0.1) is 10.6 Å². The molecule has 0 atom stereocenters. The number of carbonyl (C=O) groups is 1. The quantitative estimate of drug-likeness (QED) is 0.485. The third-order valence-electron chi connectivity index (χ3n) is 6.35. The summed E-state index contributed by atoms with van der Waals surface area (Å²) < 4.78 is 29.5. The lowest BCUT2D eigenvalue weighted by Gasteiger charge is -2.26. The van der Waals surface area contributed by atoms with Gasteiger partial charge in [-0.25, -0.2) is 8.42 Å². The number of rotatable bonds is 6. The van der Waals surface area contributed by atoms with E-state index in [-0.39, 0.29) is 11.7 Å². The van der Waals surface area contributed by atoms with Crippen LogP contribution < -0.4 is 4.90 Å². The van der Waals surface area contributed by atoms with Gasteiger partial charge in [-0.3, -0.25) is 9.36 Å². The number of aryl methyl sites for hydroxylation is 1. The van der Waals surface area contributed by atoms with E-state index in [4.69, 9.17) is 0 Å². The number of hydrogen-bond donors (Lipinski definition) is 0. The zero-order chi connectivity index (χ0) is 23.7. The van der Waals surface area contributed by atoms with Gasteiger partial charge in [-0.15, -0.1) is 10.2 Å². The van der Waals surface area contributed by atoms with E-state index in [1.807, 2.05) is 35.8 Å². The fourth-order valence-corrected chi connectivity index (χ4v) is 6.83. The van der Waals surface area contributed by atoms with E-state index in [9.17, 15) is 13.2 Å². The molecule has 8 nitrogen and oxygen atoms in total. The predicted octanol–water partition coefficient (Wildman–Crippen LogP) is 3.43. The van der Waals surface area contributed by atoms with Crippen molar-refractivity contribution in [1.29, 1.82) is 0 Å². The van der Waals surface area contributed by atoms with Crippen molar-refractivity contribution in [2.45, 2.75) is 42.7 Å². The van der Waals surface area contributed by atoms with Crippen LogP contribution in [0.2, 0.25) is 0 Å². The number of amides is 1. The third-order valence-corrected chi connectivity index (χ3v) is 9.18. The van der Waals surface area contributed by atoms with Gasteiger partial charge in [-0.1, -0.05) is 35.9 Å². The summed E-state index contributed by atoms with van der Waals surface area (Å²) in [5.41, 5.74) is 3.81. The fourth-order valence-electron chi connectivity index (χ4n) is 4.46. The summed E-state index contributed by atoms with van der Waals surface area (Å²) in [4.78, 5) is 15.1. The lowest BCUT2D eigenvalue weighted by molar-refractivity contribution is -0.116. The van der Waals surface area contributed by atoms with Crippen LogP contribution in [0.15, 0.2) is 58.8 Å². The number of nitrogens with zero attached hydrogens (tertiary/aromatic N) is 5. The van der Waals surface area contributed by atoms with E-state index in [2.05, 4.69) is 10.2 Å². The molecule has 0 saturated carbocycles. The highest BCUT2D eigenvalue weighted by molar-refractivity contribution is 7.99. The molecule has 3 heterocycles. The molecule has 5 rings (SSSR count). The Morgan fingerprint density at radius 1 is 1.03 bits per heavy atom. The van der Waals surface area contributed by atoms with Crippen molar-refractivity contribution in [3.8, 4) is 5.69 Å². The zero-order valence-electron chi connectivity index (χ0n) is 19.1. The molecule has 1 aromatic heterocycles. The van der Waals surface area contributed by atoms with E-state index in [1.165, 1.54) is 17.3 Å². The predicted molar refractivity (Wildman–Crippen MR) is 132 cm³/mol. The standard InChI is InChI=1S/C24H27N5O3S2/c1-18-5-7-20(8-6-18)29-17-25-26-24(29)33-16-23(30)28-14-11-19-15-21(9-10-22(19)28)34(31,32)27-12-3-2-4-13-27/h5-10,15,17H,2-4,11-14,16H2,1H3. The molecule has 1 amide bonds. The first-order valence-corrected chi connectivity index (χ1v) is 13.9. The van der Waals surface area contributed by atoms with E-state index in [0.29, 0.717) is 36.1 Å². The van der Waals surface area contributed by atoms with Gasteiger partial charge >= 0.3 is 0 Å². The van der Waals surface area contributed by atoms with Crippen molar-refractivity contribution < 1.29 is 13.2 Å². The lowest BCUT2D eigenvalue weighted by Crippen LogP contribution is -2.35. The molecular weight excluding hydrogens is 470 g/mol. The minimum absolute atomic E-state index is 0.0335. The van der Waals surface area contributed by atoms with Crippen molar-refractivity contribution in [2.75, 3.05) is 30.3 Å². The molecule has 1 saturated heterocycles. The summed E-state index contributed by atoms with van der Waals surface area (Å²) in [6.45, 7) is 3.74. The van der Waals surface area contributed by atoms with Gasteiger partial charge in [-0.05, 0) is 62.1 Å². The molecule has 0 spiro atoms. The van der Waals surface area contributed by atoms with Crippen LogP contribution in [0.5, 0.6) is 0 Å². The third kappa shape index (κ3) is 4.49. The van der Waals surface area contributed by atoms with E-state index in [1.54, 1.807) is 33.7 Å². The molecule has 34 heavy (non-hydrogen) atoms. The largest absolute Gasteiger partial charge is 0.311 e. The van der Waals surface area contributed by atoms with Crippen molar-refractivity contribution in [1.82, 2.24) is 19.1 Å². The SMILES string of the molecule is Cc1ccc(-n2cnnc2SCC(=O)N2CCc3cc(S(=O)(=O)N4CCCCC4)ccc32)cc1. The van der Waals surface area contributed by atoms with Gasteiger partial charge < -0.3 is 4.90 Å². The summed E-state index contributed by atoms with van der Waals surface area (Å²) >= 11 is 1.34. The van der Waals surface area contributed by atoms with Gasteiger partial charge in [0.2, 0.25) is 15.9 Å². The second-order valence-electron chi connectivity index (χ2n) is 8.66. The van der Waals surface area contributed by atoms with Crippen molar-refractivity contribution in [2.24, 2.45) is 0 Å². The van der Waals surface area contributed by atoms with Crippen molar-refractivity contribution >= 4 is 33.4 Å². The van der Waals surface area contributed by atoms with E-state index >= 15 is 0 Å². The first-order chi connectivity index (χ1) is 16.4. The van der Waals surface area contributed by atoms with Crippen molar-refractivity contribution in [3.05, 3.63) is 59.9 Å². The molecule has 10 heteroatoms.